The second-order valence-electron chi connectivity index (χ2n) is 7.10. The molecule has 0 spiro atoms. The second-order valence-corrected chi connectivity index (χ2v) is 7.10. The Morgan fingerprint density at radius 3 is 2.58 bits per heavy atom. The van der Waals surface area contributed by atoms with Crippen LogP contribution in [-0.2, 0) is 23.9 Å². The maximum atomic E-state index is 13.6. The lowest BCUT2D eigenvalue weighted by molar-refractivity contribution is -0.161. The first-order chi connectivity index (χ1) is 14.6. The van der Waals surface area contributed by atoms with E-state index in [9.17, 15) is 32.3 Å². The van der Waals surface area contributed by atoms with Crippen molar-refractivity contribution in [3.63, 3.8) is 0 Å². The van der Waals surface area contributed by atoms with Gasteiger partial charge in [-0.3, -0.25) is 19.2 Å². The number of carbonyl (C=O) groups is 4. The molecule has 0 radical (unpaired) electrons. The fraction of sp³-hybridized carbons (Fsp3) is 0.500. The molecule has 0 saturated carbocycles. The first-order valence-corrected chi connectivity index (χ1v) is 9.83. The van der Waals surface area contributed by atoms with Gasteiger partial charge in [0.1, 0.15) is 0 Å². The Labute approximate surface area is 177 Å². The van der Waals surface area contributed by atoms with Crippen LogP contribution in [0.25, 0.3) is 0 Å². The first-order valence-electron chi connectivity index (χ1n) is 9.83. The number of piperidine rings is 1. The summed E-state index contributed by atoms with van der Waals surface area (Å²) in [4.78, 5) is 49.6. The molecule has 2 N–H and O–H groups in total. The number of amides is 3. The lowest BCUT2D eigenvalue weighted by Gasteiger charge is -2.31. The zero-order valence-corrected chi connectivity index (χ0v) is 17.2. The Kier molecular flexibility index (Phi) is 8.40. The molecule has 1 fully saturated rings. The number of esters is 1. The number of carbonyl (C=O) groups excluding carboxylic acids is 4. The predicted octanol–water partition coefficient (Wildman–Crippen LogP) is 1.74. The van der Waals surface area contributed by atoms with Gasteiger partial charge >= 0.3 is 5.97 Å². The molecular weight excluding hydrogens is 419 g/mol. The summed E-state index contributed by atoms with van der Waals surface area (Å²) in [5.74, 6) is -7.59. The van der Waals surface area contributed by atoms with E-state index in [-0.39, 0.29) is 12.5 Å². The highest BCUT2D eigenvalue weighted by atomic mass is 19.2. The zero-order valence-electron chi connectivity index (χ0n) is 17.2. The number of nitrogens with zero attached hydrogens (tertiary/aromatic N) is 1. The smallest absolute Gasteiger partial charge is 0.311 e. The molecule has 2 rings (SSSR count). The maximum absolute atomic E-state index is 13.6. The second kappa shape index (κ2) is 10.8. The van der Waals surface area contributed by atoms with Crippen molar-refractivity contribution in [2.24, 2.45) is 5.92 Å². The Morgan fingerprint density at radius 2 is 1.90 bits per heavy atom. The van der Waals surface area contributed by atoms with Crippen LogP contribution in [0.3, 0.4) is 0 Å². The molecule has 0 aliphatic carbocycles. The average molecular weight is 443 g/mol. The minimum absolute atomic E-state index is 0.0632. The molecule has 8 nitrogen and oxygen atoms in total. The van der Waals surface area contributed by atoms with Crippen LogP contribution >= 0.6 is 0 Å². The first kappa shape index (κ1) is 24.2. The predicted molar refractivity (Wildman–Crippen MR) is 103 cm³/mol. The molecule has 31 heavy (non-hydrogen) atoms. The number of ether oxygens (including phenoxy) is 1. The minimum Gasteiger partial charge on any atom is -0.452 e. The largest absolute Gasteiger partial charge is 0.452 e. The van der Waals surface area contributed by atoms with Crippen LogP contribution in [-0.4, -0.2) is 54.3 Å². The molecule has 0 bridgehead atoms. The van der Waals surface area contributed by atoms with Gasteiger partial charge in [0.2, 0.25) is 11.8 Å². The van der Waals surface area contributed by atoms with Gasteiger partial charge in [-0.2, -0.15) is 0 Å². The highest BCUT2D eigenvalue weighted by Gasteiger charge is 2.31. The van der Waals surface area contributed by atoms with Crippen molar-refractivity contribution in [1.82, 2.24) is 10.2 Å². The van der Waals surface area contributed by atoms with Crippen molar-refractivity contribution in [3.05, 3.63) is 29.6 Å². The summed E-state index contributed by atoms with van der Waals surface area (Å²) >= 11 is 0. The van der Waals surface area contributed by atoms with Gasteiger partial charge in [0.05, 0.1) is 18.2 Å². The van der Waals surface area contributed by atoms with E-state index >= 15 is 0 Å². The van der Waals surface area contributed by atoms with E-state index in [1.807, 2.05) is 5.32 Å². The molecule has 170 valence electrons. The number of nitrogens with one attached hydrogen (secondary N) is 2. The number of likely N-dealkylation sites (tertiary alicyclic amines) is 1. The van der Waals surface area contributed by atoms with Gasteiger partial charge in [0.25, 0.3) is 5.91 Å². The average Bonchev–Trinajstić information content (AvgIpc) is 2.77. The molecule has 1 heterocycles. The van der Waals surface area contributed by atoms with Gasteiger partial charge in [-0.1, -0.05) is 6.92 Å². The number of hydrogen-bond donors (Lipinski definition) is 2. The van der Waals surface area contributed by atoms with Gasteiger partial charge in [0.15, 0.2) is 23.6 Å². The molecule has 11 heteroatoms. The summed E-state index contributed by atoms with van der Waals surface area (Å²) in [5, 5.41) is 4.21. The van der Waals surface area contributed by atoms with Crippen LogP contribution in [0.15, 0.2) is 12.1 Å². The van der Waals surface area contributed by atoms with Gasteiger partial charge < -0.3 is 20.3 Å². The number of rotatable bonds is 7. The molecule has 3 amide bonds. The third-order valence-corrected chi connectivity index (χ3v) is 4.80. The zero-order chi connectivity index (χ0) is 23.1. The van der Waals surface area contributed by atoms with E-state index in [1.165, 1.54) is 6.92 Å². The van der Waals surface area contributed by atoms with E-state index in [1.54, 1.807) is 11.8 Å². The minimum atomic E-state index is -1.73. The molecule has 0 aromatic heterocycles. The number of halogens is 3. The quantitative estimate of drug-likeness (QED) is 0.494. The summed E-state index contributed by atoms with van der Waals surface area (Å²) in [6.45, 7) is 3.23. The fourth-order valence-corrected chi connectivity index (χ4v) is 3.07. The Hall–Kier alpha value is -3.11. The van der Waals surface area contributed by atoms with E-state index in [0.29, 0.717) is 31.9 Å². The summed E-state index contributed by atoms with van der Waals surface area (Å²) < 4.78 is 44.8. The van der Waals surface area contributed by atoms with E-state index in [4.69, 9.17) is 4.74 Å². The lowest BCUT2D eigenvalue weighted by Crippen LogP contribution is -2.45. The van der Waals surface area contributed by atoms with Crippen molar-refractivity contribution in [2.75, 3.05) is 25.0 Å². The Bertz CT molecular complexity index is 865. The number of anilines is 1. The van der Waals surface area contributed by atoms with Crippen molar-refractivity contribution in [1.29, 1.82) is 0 Å². The maximum Gasteiger partial charge on any atom is 0.311 e. The van der Waals surface area contributed by atoms with Crippen LogP contribution in [0.1, 0.15) is 33.1 Å². The van der Waals surface area contributed by atoms with Gasteiger partial charge in [-0.15, -0.1) is 0 Å². The number of hydrogen-bond acceptors (Lipinski definition) is 5. The lowest BCUT2D eigenvalue weighted by atomic mass is 9.98. The van der Waals surface area contributed by atoms with Crippen LogP contribution in [0.5, 0.6) is 0 Å². The molecule has 1 aliphatic rings. The third kappa shape index (κ3) is 6.43. The Balaban J connectivity index is 1.81. The standard InChI is InChI=1S/C20H24F3N3O5/c1-3-16(28)26-8-4-5-12(10-26)20(30)31-11(2)19(29)24-9-15(27)25-14-7-6-13(21)17(22)18(14)23/h6-7,11-12H,3-5,8-10H2,1-2H3,(H,24,29)(H,25,27). The summed E-state index contributed by atoms with van der Waals surface area (Å²) in [7, 11) is 0. The van der Waals surface area contributed by atoms with E-state index in [0.717, 1.165) is 6.07 Å². The normalized spacial score (nSPS) is 16.9. The Morgan fingerprint density at radius 1 is 1.19 bits per heavy atom. The highest BCUT2D eigenvalue weighted by molar-refractivity contribution is 5.95. The third-order valence-electron chi connectivity index (χ3n) is 4.80. The molecule has 1 aromatic carbocycles. The highest BCUT2D eigenvalue weighted by Crippen LogP contribution is 2.20. The van der Waals surface area contributed by atoms with Crippen LogP contribution < -0.4 is 10.6 Å². The molecule has 2 unspecified atom stereocenters. The monoisotopic (exact) mass is 443 g/mol. The molecule has 1 aliphatic heterocycles. The van der Waals surface area contributed by atoms with Crippen molar-refractivity contribution < 1.29 is 37.1 Å². The van der Waals surface area contributed by atoms with Gasteiger partial charge in [-0.25, -0.2) is 13.2 Å². The molecule has 1 saturated heterocycles. The van der Waals surface area contributed by atoms with Crippen LogP contribution in [0.2, 0.25) is 0 Å². The fourth-order valence-electron chi connectivity index (χ4n) is 3.07. The van der Waals surface area contributed by atoms with E-state index in [2.05, 4.69) is 5.32 Å². The summed E-state index contributed by atoms with van der Waals surface area (Å²) in [5.41, 5.74) is -0.582. The molecular formula is C20H24F3N3O5. The molecule has 1 aromatic rings. The van der Waals surface area contributed by atoms with E-state index < -0.39 is 59.5 Å². The van der Waals surface area contributed by atoms with Crippen molar-refractivity contribution >= 4 is 29.4 Å². The van der Waals surface area contributed by atoms with Crippen LogP contribution in [0.4, 0.5) is 18.9 Å². The molecule has 2 atom stereocenters. The SMILES string of the molecule is CCC(=O)N1CCCC(C(=O)OC(C)C(=O)NCC(=O)Nc2ccc(F)c(F)c2F)C1. The van der Waals surface area contributed by atoms with Gasteiger partial charge in [0, 0.05) is 19.5 Å². The number of benzene rings is 1. The van der Waals surface area contributed by atoms with Crippen molar-refractivity contribution in [2.45, 2.75) is 39.2 Å². The van der Waals surface area contributed by atoms with Crippen molar-refractivity contribution in [3.8, 4) is 0 Å². The summed E-state index contributed by atoms with van der Waals surface area (Å²) in [6.07, 6.45) is 0.296. The van der Waals surface area contributed by atoms with Gasteiger partial charge in [-0.05, 0) is 31.9 Å². The van der Waals surface area contributed by atoms with Crippen LogP contribution in [0, 0.1) is 23.4 Å². The summed E-state index contributed by atoms with van der Waals surface area (Å²) in [6, 6.07) is 1.49. The topological polar surface area (TPSA) is 105 Å².